The van der Waals surface area contributed by atoms with E-state index in [1.807, 2.05) is 0 Å². The van der Waals surface area contributed by atoms with Gasteiger partial charge in [-0.15, -0.1) is 0 Å². The molecule has 0 heterocycles. The van der Waals surface area contributed by atoms with Gasteiger partial charge in [-0.25, -0.2) is 10.2 Å². The van der Waals surface area contributed by atoms with E-state index >= 15 is 0 Å². The van der Waals surface area contributed by atoms with Crippen molar-refractivity contribution in [3.8, 4) is 5.75 Å². The van der Waals surface area contributed by atoms with Crippen LogP contribution in [-0.4, -0.2) is 18.5 Å². The minimum Gasteiger partial charge on any atom is -0.490 e. The lowest BCUT2D eigenvalue weighted by Gasteiger charge is -2.09. The molecule has 3 N–H and O–H groups in total. The lowest BCUT2D eigenvalue weighted by atomic mass is 10.2. The van der Waals surface area contributed by atoms with Gasteiger partial charge in [-0.1, -0.05) is 24.3 Å². The maximum absolute atomic E-state index is 11.9. The van der Waals surface area contributed by atoms with Crippen molar-refractivity contribution in [1.82, 2.24) is 10.9 Å². The molecule has 0 saturated carbocycles. The zero-order chi connectivity index (χ0) is 17.4. The highest BCUT2D eigenvalue weighted by Gasteiger charge is 2.07. The van der Waals surface area contributed by atoms with Gasteiger partial charge in [0.2, 0.25) is 0 Å². The number of nitrogens with one attached hydrogen (secondary N) is 3. The molecule has 2 aromatic rings. The standard InChI is InChI=1S/C17H16ClN3O3/c1-2-11-24-15-9-3-12(4-10-15)16(22)20-21-17(23)19-14-7-5-13(18)6-8-14/h2-10H,1,11H2,(H,20,22)(H2,19,21,23). The molecule has 2 rings (SSSR count). The first kappa shape index (κ1) is 17.4. The second-order valence-corrected chi connectivity index (χ2v) is 5.10. The van der Waals surface area contributed by atoms with E-state index in [9.17, 15) is 9.59 Å². The normalized spacial score (nSPS) is 9.71. The van der Waals surface area contributed by atoms with Crippen molar-refractivity contribution in [3.05, 3.63) is 71.8 Å². The van der Waals surface area contributed by atoms with Crippen LogP contribution in [0.25, 0.3) is 0 Å². The molecule has 3 amide bonds. The number of amides is 3. The van der Waals surface area contributed by atoms with E-state index < -0.39 is 11.9 Å². The Balaban J connectivity index is 1.82. The van der Waals surface area contributed by atoms with Crippen molar-refractivity contribution < 1.29 is 14.3 Å². The third kappa shape index (κ3) is 5.33. The van der Waals surface area contributed by atoms with E-state index in [0.717, 1.165) is 0 Å². The maximum atomic E-state index is 11.9. The fourth-order valence-electron chi connectivity index (χ4n) is 1.74. The van der Waals surface area contributed by atoms with Crippen molar-refractivity contribution in [2.75, 3.05) is 11.9 Å². The summed E-state index contributed by atoms with van der Waals surface area (Å²) in [6, 6.07) is 12.5. The number of urea groups is 1. The van der Waals surface area contributed by atoms with E-state index in [0.29, 0.717) is 28.6 Å². The Hall–Kier alpha value is -2.99. The summed E-state index contributed by atoms with van der Waals surface area (Å²) >= 11 is 5.76. The number of halogens is 1. The quantitative estimate of drug-likeness (QED) is 0.574. The predicted molar refractivity (Wildman–Crippen MR) is 93.2 cm³/mol. The molecule has 124 valence electrons. The number of ether oxygens (including phenoxy) is 1. The lowest BCUT2D eigenvalue weighted by Crippen LogP contribution is -2.43. The number of anilines is 1. The van der Waals surface area contributed by atoms with Gasteiger partial charge in [0.25, 0.3) is 5.91 Å². The van der Waals surface area contributed by atoms with Crippen LogP contribution in [0.1, 0.15) is 10.4 Å². The molecule has 0 saturated heterocycles. The molecule has 0 fully saturated rings. The van der Waals surface area contributed by atoms with Crippen LogP contribution in [0.2, 0.25) is 5.02 Å². The third-order valence-corrected chi connectivity index (χ3v) is 3.13. The number of hydrogen-bond acceptors (Lipinski definition) is 3. The summed E-state index contributed by atoms with van der Waals surface area (Å²) in [6.07, 6.45) is 1.63. The van der Waals surface area contributed by atoms with Gasteiger partial charge in [0.15, 0.2) is 0 Å². The molecule has 24 heavy (non-hydrogen) atoms. The Morgan fingerprint density at radius 3 is 2.33 bits per heavy atom. The molecule has 0 aromatic heterocycles. The van der Waals surface area contributed by atoms with Gasteiger partial charge >= 0.3 is 6.03 Å². The van der Waals surface area contributed by atoms with Crippen LogP contribution in [0.3, 0.4) is 0 Å². The molecule has 0 radical (unpaired) electrons. The molecule has 0 aliphatic carbocycles. The second-order valence-electron chi connectivity index (χ2n) is 4.66. The number of carbonyl (C=O) groups is 2. The molecule has 7 heteroatoms. The lowest BCUT2D eigenvalue weighted by molar-refractivity contribution is 0.0938. The maximum Gasteiger partial charge on any atom is 0.337 e. The van der Waals surface area contributed by atoms with Gasteiger partial charge < -0.3 is 10.1 Å². The van der Waals surface area contributed by atoms with Crippen molar-refractivity contribution in [3.63, 3.8) is 0 Å². The monoisotopic (exact) mass is 345 g/mol. The first-order valence-electron chi connectivity index (χ1n) is 7.05. The van der Waals surface area contributed by atoms with E-state index in [1.54, 1.807) is 54.6 Å². The molecule has 0 atom stereocenters. The van der Waals surface area contributed by atoms with Crippen LogP contribution < -0.4 is 20.9 Å². The highest BCUT2D eigenvalue weighted by Crippen LogP contribution is 2.13. The molecule has 2 aromatic carbocycles. The summed E-state index contributed by atoms with van der Waals surface area (Å²) in [5.41, 5.74) is 5.51. The second kappa shape index (κ2) is 8.59. The first-order valence-corrected chi connectivity index (χ1v) is 7.43. The Morgan fingerprint density at radius 1 is 1.04 bits per heavy atom. The molecule has 0 aliphatic heterocycles. The van der Waals surface area contributed by atoms with Crippen molar-refractivity contribution >= 4 is 29.2 Å². The minimum atomic E-state index is -0.573. The molecule has 0 aliphatic rings. The summed E-state index contributed by atoms with van der Waals surface area (Å²) < 4.78 is 5.32. The molecule has 6 nitrogen and oxygen atoms in total. The molecular formula is C17H16ClN3O3. The van der Waals surface area contributed by atoms with E-state index in [-0.39, 0.29) is 0 Å². The Labute approximate surface area is 144 Å². The topological polar surface area (TPSA) is 79.5 Å². The largest absolute Gasteiger partial charge is 0.490 e. The Morgan fingerprint density at radius 2 is 1.71 bits per heavy atom. The molecule has 0 unspecified atom stereocenters. The van der Waals surface area contributed by atoms with Crippen LogP contribution in [0.15, 0.2) is 61.2 Å². The average molecular weight is 346 g/mol. The Kier molecular flexibility index (Phi) is 6.22. The fourth-order valence-corrected chi connectivity index (χ4v) is 1.86. The highest BCUT2D eigenvalue weighted by molar-refractivity contribution is 6.30. The van der Waals surface area contributed by atoms with E-state index in [2.05, 4.69) is 22.7 Å². The van der Waals surface area contributed by atoms with Gasteiger partial charge in [-0.3, -0.25) is 10.2 Å². The van der Waals surface area contributed by atoms with Gasteiger partial charge in [-0.05, 0) is 48.5 Å². The van der Waals surface area contributed by atoms with E-state index in [1.165, 1.54) is 0 Å². The Bertz CT molecular complexity index is 715. The highest BCUT2D eigenvalue weighted by atomic mass is 35.5. The molecule has 0 spiro atoms. The number of hydrazine groups is 1. The summed E-state index contributed by atoms with van der Waals surface area (Å²) in [4.78, 5) is 23.6. The van der Waals surface area contributed by atoms with Crippen LogP contribution in [-0.2, 0) is 0 Å². The van der Waals surface area contributed by atoms with Crippen molar-refractivity contribution in [1.29, 1.82) is 0 Å². The smallest absolute Gasteiger partial charge is 0.337 e. The minimum absolute atomic E-state index is 0.382. The van der Waals surface area contributed by atoms with Gasteiger partial charge in [0.05, 0.1) is 0 Å². The summed E-state index contributed by atoms with van der Waals surface area (Å²) in [5.74, 6) is 0.177. The third-order valence-electron chi connectivity index (χ3n) is 2.88. The van der Waals surface area contributed by atoms with Crippen molar-refractivity contribution in [2.45, 2.75) is 0 Å². The summed E-state index contributed by atoms with van der Waals surface area (Å²) in [7, 11) is 0. The summed E-state index contributed by atoms with van der Waals surface area (Å²) in [5, 5.41) is 3.12. The van der Waals surface area contributed by atoms with Gasteiger partial charge in [0, 0.05) is 16.3 Å². The zero-order valence-electron chi connectivity index (χ0n) is 12.7. The number of benzene rings is 2. The van der Waals surface area contributed by atoms with Crippen molar-refractivity contribution in [2.24, 2.45) is 0 Å². The molecule has 0 bridgehead atoms. The van der Waals surface area contributed by atoms with Gasteiger partial charge in [0.1, 0.15) is 12.4 Å². The summed E-state index contributed by atoms with van der Waals surface area (Å²) in [6.45, 7) is 3.94. The number of carbonyl (C=O) groups excluding carboxylic acids is 2. The van der Waals surface area contributed by atoms with E-state index in [4.69, 9.17) is 16.3 Å². The fraction of sp³-hybridized carbons (Fsp3) is 0.0588. The predicted octanol–water partition coefficient (Wildman–Crippen LogP) is 3.37. The van der Waals surface area contributed by atoms with Gasteiger partial charge in [-0.2, -0.15) is 0 Å². The zero-order valence-corrected chi connectivity index (χ0v) is 13.5. The number of hydrogen-bond donors (Lipinski definition) is 3. The van der Waals surface area contributed by atoms with Crippen LogP contribution in [0.4, 0.5) is 10.5 Å². The van der Waals surface area contributed by atoms with Crippen LogP contribution >= 0.6 is 11.6 Å². The molecular weight excluding hydrogens is 330 g/mol. The number of rotatable bonds is 5. The average Bonchev–Trinajstić information content (AvgIpc) is 2.60. The SMILES string of the molecule is C=CCOc1ccc(C(=O)NNC(=O)Nc2ccc(Cl)cc2)cc1. The van der Waals surface area contributed by atoms with Crippen LogP contribution in [0.5, 0.6) is 5.75 Å². The first-order chi connectivity index (χ1) is 11.6. The van der Waals surface area contributed by atoms with Crippen LogP contribution in [0, 0.1) is 0 Å².